The molecule has 1 heterocycles. The molecule has 0 bridgehead atoms. The van der Waals surface area contributed by atoms with Gasteiger partial charge in [0.05, 0.1) is 0 Å². The van der Waals surface area contributed by atoms with Gasteiger partial charge in [0.2, 0.25) is 5.91 Å². The van der Waals surface area contributed by atoms with E-state index in [2.05, 4.69) is 24.5 Å². The third-order valence-corrected chi connectivity index (χ3v) is 3.22. The molecule has 15 heavy (non-hydrogen) atoms. The number of amides is 1. The molecule has 0 aliphatic carbocycles. The van der Waals surface area contributed by atoms with Crippen LogP contribution in [0.2, 0.25) is 0 Å². The minimum Gasteiger partial charge on any atom is -0.339 e. The van der Waals surface area contributed by atoms with Crippen LogP contribution in [0.25, 0.3) is 0 Å². The van der Waals surface area contributed by atoms with Gasteiger partial charge in [0.25, 0.3) is 0 Å². The molecule has 0 aromatic rings. The number of likely N-dealkylation sites (tertiary alicyclic amines) is 1. The van der Waals surface area contributed by atoms with Crippen LogP contribution in [-0.4, -0.2) is 30.4 Å². The standard InChI is InChI=1S/C11H21NO.CH5N/c1-4-9(3)10-7-6-8-12(10)11(13)5-2;1-2/h9-10H,4-8H2,1-3H3;2H2,1H3. The Bertz CT molecular complexity index is 182. The van der Waals surface area contributed by atoms with Crippen molar-refractivity contribution in [3.8, 4) is 0 Å². The molecule has 0 aromatic carbocycles. The number of carbonyl (C=O) groups excluding carboxylic acids is 1. The lowest BCUT2D eigenvalue weighted by atomic mass is 9.97. The normalized spacial score (nSPS) is 21.9. The van der Waals surface area contributed by atoms with Gasteiger partial charge in [-0.15, -0.1) is 0 Å². The van der Waals surface area contributed by atoms with E-state index in [1.165, 1.54) is 26.3 Å². The average molecular weight is 214 g/mol. The van der Waals surface area contributed by atoms with E-state index in [4.69, 9.17) is 0 Å². The molecule has 2 N–H and O–H groups in total. The van der Waals surface area contributed by atoms with Crippen LogP contribution >= 0.6 is 0 Å². The first-order chi connectivity index (χ1) is 7.20. The van der Waals surface area contributed by atoms with Gasteiger partial charge in [-0.05, 0) is 25.8 Å². The zero-order chi connectivity index (χ0) is 11.8. The van der Waals surface area contributed by atoms with E-state index >= 15 is 0 Å². The highest BCUT2D eigenvalue weighted by Crippen LogP contribution is 2.26. The van der Waals surface area contributed by atoms with Crippen molar-refractivity contribution >= 4 is 5.91 Å². The van der Waals surface area contributed by atoms with Crippen molar-refractivity contribution in [1.82, 2.24) is 4.90 Å². The van der Waals surface area contributed by atoms with Crippen LogP contribution in [-0.2, 0) is 4.79 Å². The number of nitrogens with two attached hydrogens (primary N) is 1. The molecule has 1 aliphatic heterocycles. The molecule has 2 unspecified atom stereocenters. The first-order valence-corrected chi connectivity index (χ1v) is 6.07. The Morgan fingerprint density at radius 1 is 1.47 bits per heavy atom. The number of hydrogen-bond acceptors (Lipinski definition) is 2. The molecular formula is C12H26N2O. The lowest BCUT2D eigenvalue weighted by Gasteiger charge is -2.28. The summed E-state index contributed by atoms with van der Waals surface area (Å²) >= 11 is 0. The van der Waals surface area contributed by atoms with Crippen molar-refractivity contribution in [2.24, 2.45) is 11.7 Å². The molecule has 0 radical (unpaired) electrons. The minimum absolute atomic E-state index is 0.336. The highest BCUT2D eigenvalue weighted by Gasteiger charge is 2.30. The molecule has 90 valence electrons. The molecule has 1 aliphatic rings. The van der Waals surface area contributed by atoms with E-state index in [-0.39, 0.29) is 0 Å². The third-order valence-electron chi connectivity index (χ3n) is 3.22. The fraction of sp³-hybridized carbons (Fsp3) is 0.917. The molecule has 1 amide bonds. The summed E-state index contributed by atoms with van der Waals surface area (Å²) in [4.78, 5) is 13.7. The van der Waals surface area contributed by atoms with Crippen molar-refractivity contribution in [3.05, 3.63) is 0 Å². The van der Waals surface area contributed by atoms with E-state index in [1.807, 2.05) is 6.92 Å². The van der Waals surface area contributed by atoms with Gasteiger partial charge in [-0.1, -0.05) is 27.2 Å². The fourth-order valence-corrected chi connectivity index (χ4v) is 2.17. The zero-order valence-electron chi connectivity index (χ0n) is 10.6. The maximum atomic E-state index is 11.6. The topological polar surface area (TPSA) is 46.3 Å². The van der Waals surface area contributed by atoms with Gasteiger partial charge in [0.15, 0.2) is 0 Å². The van der Waals surface area contributed by atoms with Gasteiger partial charge in [-0.25, -0.2) is 0 Å². The Balaban J connectivity index is 0.000000921. The van der Waals surface area contributed by atoms with Crippen molar-refractivity contribution in [2.75, 3.05) is 13.6 Å². The highest BCUT2D eigenvalue weighted by molar-refractivity contribution is 5.76. The lowest BCUT2D eigenvalue weighted by molar-refractivity contribution is -0.132. The molecule has 0 spiro atoms. The molecule has 1 rings (SSSR count). The highest BCUT2D eigenvalue weighted by atomic mass is 16.2. The predicted octanol–water partition coefficient (Wildman–Crippen LogP) is 2.01. The molecule has 3 nitrogen and oxygen atoms in total. The molecular weight excluding hydrogens is 188 g/mol. The van der Waals surface area contributed by atoms with Crippen molar-refractivity contribution in [2.45, 2.75) is 52.5 Å². The Labute approximate surface area is 94.0 Å². The van der Waals surface area contributed by atoms with Crippen LogP contribution in [0.15, 0.2) is 0 Å². The molecule has 1 saturated heterocycles. The molecule has 0 saturated carbocycles. The fourth-order valence-electron chi connectivity index (χ4n) is 2.17. The van der Waals surface area contributed by atoms with Crippen LogP contribution < -0.4 is 5.73 Å². The van der Waals surface area contributed by atoms with Crippen LogP contribution in [0.5, 0.6) is 0 Å². The van der Waals surface area contributed by atoms with Gasteiger partial charge in [0.1, 0.15) is 0 Å². The first kappa shape index (κ1) is 14.4. The van der Waals surface area contributed by atoms with E-state index in [0.717, 1.165) is 6.54 Å². The van der Waals surface area contributed by atoms with Gasteiger partial charge in [0, 0.05) is 19.0 Å². The van der Waals surface area contributed by atoms with Crippen molar-refractivity contribution in [1.29, 1.82) is 0 Å². The number of rotatable bonds is 3. The Morgan fingerprint density at radius 2 is 2.07 bits per heavy atom. The molecule has 0 aromatic heterocycles. The monoisotopic (exact) mass is 214 g/mol. The average Bonchev–Trinajstić information content (AvgIpc) is 2.78. The largest absolute Gasteiger partial charge is 0.339 e. The number of hydrogen-bond donors (Lipinski definition) is 1. The van der Waals surface area contributed by atoms with Crippen LogP contribution in [0, 0.1) is 5.92 Å². The second kappa shape index (κ2) is 7.69. The van der Waals surface area contributed by atoms with Gasteiger partial charge in [-0.3, -0.25) is 4.79 Å². The minimum atomic E-state index is 0.336. The summed E-state index contributed by atoms with van der Waals surface area (Å²) < 4.78 is 0. The summed E-state index contributed by atoms with van der Waals surface area (Å²) in [6.45, 7) is 7.40. The van der Waals surface area contributed by atoms with E-state index < -0.39 is 0 Å². The number of nitrogens with zero attached hydrogens (tertiary/aromatic N) is 1. The Kier molecular flexibility index (Phi) is 7.39. The zero-order valence-corrected chi connectivity index (χ0v) is 10.6. The molecule has 1 fully saturated rings. The third kappa shape index (κ3) is 3.82. The summed E-state index contributed by atoms with van der Waals surface area (Å²) in [5.74, 6) is 1.00. The summed E-state index contributed by atoms with van der Waals surface area (Å²) in [5, 5.41) is 0. The van der Waals surface area contributed by atoms with Crippen LogP contribution in [0.1, 0.15) is 46.5 Å². The van der Waals surface area contributed by atoms with E-state index in [1.54, 1.807) is 0 Å². The molecule has 3 heteroatoms. The molecule has 2 atom stereocenters. The first-order valence-electron chi connectivity index (χ1n) is 6.07. The van der Waals surface area contributed by atoms with Gasteiger partial charge in [-0.2, -0.15) is 0 Å². The van der Waals surface area contributed by atoms with Gasteiger partial charge < -0.3 is 10.6 Å². The quantitative estimate of drug-likeness (QED) is 0.781. The lowest BCUT2D eigenvalue weighted by Crippen LogP contribution is -2.38. The smallest absolute Gasteiger partial charge is 0.222 e. The maximum Gasteiger partial charge on any atom is 0.222 e. The Morgan fingerprint density at radius 3 is 2.53 bits per heavy atom. The van der Waals surface area contributed by atoms with Crippen LogP contribution in [0.3, 0.4) is 0 Å². The van der Waals surface area contributed by atoms with Crippen molar-refractivity contribution < 1.29 is 4.79 Å². The van der Waals surface area contributed by atoms with Crippen molar-refractivity contribution in [3.63, 3.8) is 0 Å². The van der Waals surface area contributed by atoms with E-state index in [0.29, 0.717) is 24.3 Å². The second-order valence-corrected chi connectivity index (χ2v) is 4.04. The summed E-state index contributed by atoms with van der Waals surface area (Å²) in [5.41, 5.74) is 4.50. The maximum absolute atomic E-state index is 11.6. The van der Waals surface area contributed by atoms with Crippen LogP contribution in [0.4, 0.5) is 0 Å². The number of carbonyl (C=O) groups is 1. The summed E-state index contributed by atoms with van der Waals surface area (Å²) in [6.07, 6.45) is 4.24. The summed E-state index contributed by atoms with van der Waals surface area (Å²) in [7, 11) is 1.50. The second-order valence-electron chi connectivity index (χ2n) is 4.04. The Hall–Kier alpha value is -0.570. The van der Waals surface area contributed by atoms with Gasteiger partial charge >= 0.3 is 0 Å². The SMILES string of the molecule is CCC(=O)N1CCCC1C(C)CC.CN. The predicted molar refractivity (Wildman–Crippen MR) is 64.6 cm³/mol. The van der Waals surface area contributed by atoms with E-state index in [9.17, 15) is 4.79 Å². The summed E-state index contributed by atoms with van der Waals surface area (Å²) in [6, 6.07) is 0.525.